The number of hydrogen-bond donors (Lipinski definition) is 0. The fourth-order valence-electron chi connectivity index (χ4n) is 3.23. The molecule has 0 N–H and O–H groups in total. The number of aromatic nitrogens is 3. The molecule has 5 heteroatoms. The molecule has 1 heterocycles. The van der Waals surface area contributed by atoms with Crippen molar-refractivity contribution < 1.29 is 0 Å². The van der Waals surface area contributed by atoms with Gasteiger partial charge in [-0.25, -0.2) is 4.68 Å². The SMILES string of the molecule is Cc1ccc(CN(C)Cn2nc(-c3ccccc3C)n(C)c2=S)c(C)c1. The van der Waals surface area contributed by atoms with Gasteiger partial charge in [-0.15, -0.1) is 0 Å². The Morgan fingerprint density at radius 1 is 1.04 bits per heavy atom. The van der Waals surface area contributed by atoms with Crippen LogP contribution < -0.4 is 0 Å². The first-order chi connectivity index (χ1) is 12.4. The Balaban J connectivity index is 1.83. The molecule has 0 atom stereocenters. The maximum atomic E-state index is 5.62. The highest BCUT2D eigenvalue weighted by Gasteiger charge is 2.13. The molecule has 2 aromatic carbocycles. The van der Waals surface area contributed by atoms with E-state index >= 15 is 0 Å². The molecule has 1 aromatic heterocycles. The summed E-state index contributed by atoms with van der Waals surface area (Å²) in [5.41, 5.74) is 6.27. The normalized spacial score (nSPS) is 11.3. The molecule has 3 aromatic rings. The number of hydrogen-bond acceptors (Lipinski definition) is 3. The molecule has 0 unspecified atom stereocenters. The van der Waals surface area contributed by atoms with Crippen molar-refractivity contribution in [2.24, 2.45) is 7.05 Å². The Hall–Kier alpha value is -2.24. The van der Waals surface area contributed by atoms with E-state index in [-0.39, 0.29) is 0 Å². The van der Waals surface area contributed by atoms with Gasteiger partial charge < -0.3 is 4.57 Å². The van der Waals surface area contributed by atoms with E-state index < -0.39 is 0 Å². The fraction of sp³-hybridized carbons (Fsp3) is 0.333. The Bertz CT molecular complexity index is 984. The summed E-state index contributed by atoms with van der Waals surface area (Å²) in [6.07, 6.45) is 0. The second-order valence-electron chi connectivity index (χ2n) is 7.07. The van der Waals surface area contributed by atoms with Crippen LogP contribution in [0.2, 0.25) is 0 Å². The highest BCUT2D eigenvalue weighted by atomic mass is 32.1. The highest BCUT2D eigenvalue weighted by molar-refractivity contribution is 7.71. The third-order valence-electron chi connectivity index (χ3n) is 4.74. The van der Waals surface area contributed by atoms with Gasteiger partial charge in [-0.3, -0.25) is 4.90 Å². The molecule has 4 nitrogen and oxygen atoms in total. The zero-order valence-electron chi connectivity index (χ0n) is 16.2. The van der Waals surface area contributed by atoms with Crippen LogP contribution >= 0.6 is 12.2 Å². The molecule has 26 heavy (non-hydrogen) atoms. The summed E-state index contributed by atoms with van der Waals surface area (Å²) in [5, 5.41) is 4.79. The van der Waals surface area contributed by atoms with E-state index in [0.29, 0.717) is 6.67 Å². The minimum atomic E-state index is 0.659. The average Bonchev–Trinajstić information content (AvgIpc) is 2.86. The van der Waals surface area contributed by atoms with Crippen molar-refractivity contribution in [2.45, 2.75) is 34.0 Å². The van der Waals surface area contributed by atoms with Crippen LogP contribution in [0, 0.1) is 25.5 Å². The van der Waals surface area contributed by atoms with Crippen LogP contribution in [0.15, 0.2) is 42.5 Å². The number of rotatable bonds is 5. The average molecular weight is 367 g/mol. The minimum absolute atomic E-state index is 0.659. The van der Waals surface area contributed by atoms with E-state index in [4.69, 9.17) is 17.3 Å². The van der Waals surface area contributed by atoms with Crippen molar-refractivity contribution in [1.29, 1.82) is 0 Å². The van der Waals surface area contributed by atoms with E-state index in [0.717, 1.165) is 22.7 Å². The van der Waals surface area contributed by atoms with Gasteiger partial charge in [0.1, 0.15) is 0 Å². The van der Waals surface area contributed by atoms with Crippen molar-refractivity contribution in [1.82, 2.24) is 19.2 Å². The predicted octanol–water partition coefficient (Wildman–Crippen LogP) is 4.63. The Labute approximate surface area is 160 Å². The first-order valence-corrected chi connectivity index (χ1v) is 9.22. The van der Waals surface area contributed by atoms with Crippen LogP contribution in [0.25, 0.3) is 11.4 Å². The van der Waals surface area contributed by atoms with E-state index in [2.05, 4.69) is 63.1 Å². The first-order valence-electron chi connectivity index (χ1n) is 8.81. The van der Waals surface area contributed by atoms with Crippen LogP contribution in [0.3, 0.4) is 0 Å². The summed E-state index contributed by atoms with van der Waals surface area (Å²) < 4.78 is 4.62. The van der Waals surface area contributed by atoms with Crippen molar-refractivity contribution in [3.8, 4) is 11.4 Å². The molecule has 0 saturated carbocycles. The number of nitrogens with zero attached hydrogens (tertiary/aromatic N) is 4. The van der Waals surface area contributed by atoms with Crippen LogP contribution in [0.1, 0.15) is 22.3 Å². The predicted molar refractivity (Wildman–Crippen MR) is 110 cm³/mol. The summed E-state index contributed by atoms with van der Waals surface area (Å²) in [4.78, 5) is 2.24. The molecule has 3 rings (SSSR count). The second kappa shape index (κ2) is 7.56. The van der Waals surface area contributed by atoms with Crippen molar-refractivity contribution in [3.05, 3.63) is 69.5 Å². The van der Waals surface area contributed by atoms with Gasteiger partial charge in [-0.1, -0.05) is 48.0 Å². The molecule has 0 amide bonds. The summed E-state index contributed by atoms with van der Waals surface area (Å²) >= 11 is 5.62. The van der Waals surface area contributed by atoms with Gasteiger partial charge in [0.2, 0.25) is 0 Å². The van der Waals surface area contributed by atoms with E-state index in [1.54, 1.807) is 0 Å². The molecule has 0 spiro atoms. The summed E-state index contributed by atoms with van der Waals surface area (Å²) in [7, 11) is 4.08. The van der Waals surface area contributed by atoms with Crippen LogP contribution in [0.5, 0.6) is 0 Å². The lowest BCUT2D eigenvalue weighted by Gasteiger charge is -2.18. The summed E-state index contributed by atoms with van der Waals surface area (Å²) in [6, 6.07) is 14.9. The first kappa shape index (κ1) is 18.5. The van der Waals surface area contributed by atoms with Crippen molar-refractivity contribution in [3.63, 3.8) is 0 Å². The van der Waals surface area contributed by atoms with Gasteiger partial charge in [-0.2, -0.15) is 5.10 Å². The lowest BCUT2D eigenvalue weighted by molar-refractivity contribution is 0.243. The topological polar surface area (TPSA) is 26.0 Å². The van der Waals surface area contributed by atoms with Gasteiger partial charge in [0, 0.05) is 19.2 Å². The Morgan fingerprint density at radius 2 is 1.77 bits per heavy atom. The third-order valence-corrected chi connectivity index (χ3v) is 5.23. The molecule has 0 bridgehead atoms. The summed E-state index contributed by atoms with van der Waals surface area (Å²) in [6.45, 7) is 7.92. The van der Waals surface area contributed by atoms with Gasteiger partial charge >= 0.3 is 0 Å². The standard InChI is InChI=1S/C21H26N4S/c1-15-10-11-18(17(3)12-15)13-23(4)14-25-21(26)24(5)20(22-25)19-9-7-6-8-16(19)2/h6-12H,13-14H2,1-5H3. The van der Waals surface area contributed by atoms with E-state index in [1.807, 2.05) is 28.4 Å². The highest BCUT2D eigenvalue weighted by Crippen LogP contribution is 2.21. The van der Waals surface area contributed by atoms with Crippen LogP contribution in [0.4, 0.5) is 0 Å². The van der Waals surface area contributed by atoms with Gasteiger partial charge in [0.15, 0.2) is 10.6 Å². The maximum Gasteiger partial charge on any atom is 0.199 e. The summed E-state index contributed by atoms with van der Waals surface area (Å²) in [5.74, 6) is 0.910. The maximum absolute atomic E-state index is 5.62. The molecule has 0 aliphatic heterocycles. The van der Waals surface area contributed by atoms with Gasteiger partial charge in [0.25, 0.3) is 0 Å². The Kier molecular flexibility index (Phi) is 5.39. The zero-order valence-corrected chi connectivity index (χ0v) is 17.0. The van der Waals surface area contributed by atoms with Gasteiger partial charge in [0.05, 0.1) is 6.67 Å². The number of aryl methyl sites for hydroxylation is 3. The molecule has 0 aliphatic carbocycles. The molecule has 0 radical (unpaired) electrons. The van der Waals surface area contributed by atoms with Crippen molar-refractivity contribution in [2.75, 3.05) is 7.05 Å². The molecule has 0 fully saturated rings. The fourth-order valence-corrected chi connectivity index (χ4v) is 3.42. The molecule has 0 aliphatic rings. The van der Waals surface area contributed by atoms with Crippen molar-refractivity contribution >= 4 is 12.2 Å². The third kappa shape index (κ3) is 3.79. The largest absolute Gasteiger partial charge is 0.303 e. The smallest absolute Gasteiger partial charge is 0.199 e. The number of benzene rings is 2. The lowest BCUT2D eigenvalue weighted by atomic mass is 10.1. The molecule has 0 saturated heterocycles. The van der Waals surface area contributed by atoms with Crippen LogP contribution in [-0.4, -0.2) is 26.3 Å². The molecular weight excluding hydrogens is 340 g/mol. The van der Waals surface area contributed by atoms with Gasteiger partial charge in [-0.05, 0) is 56.7 Å². The second-order valence-corrected chi connectivity index (χ2v) is 7.43. The quantitative estimate of drug-likeness (QED) is 0.616. The van der Waals surface area contributed by atoms with E-state index in [9.17, 15) is 0 Å². The van der Waals surface area contributed by atoms with Crippen LogP contribution in [-0.2, 0) is 20.3 Å². The monoisotopic (exact) mass is 366 g/mol. The van der Waals surface area contributed by atoms with E-state index in [1.165, 1.54) is 22.3 Å². The Morgan fingerprint density at radius 3 is 2.46 bits per heavy atom. The zero-order chi connectivity index (χ0) is 18.8. The molecular formula is C21H26N4S. The molecule has 136 valence electrons. The lowest BCUT2D eigenvalue weighted by Crippen LogP contribution is -2.23. The minimum Gasteiger partial charge on any atom is -0.303 e.